The number of phenols is 1. The van der Waals surface area contributed by atoms with Crippen molar-refractivity contribution in [3.63, 3.8) is 0 Å². The molecule has 4 rings (SSSR count). The third-order valence-electron chi connectivity index (χ3n) is 6.14. The van der Waals surface area contributed by atoms with E-state index < -0.39 is 17.1 Å². The first kappa shape index (κ1) is 28.7. The van der Waals surface area contributed by atoms with Gasteiger partial charge in [0.1, 0.15) is 23.1 Å². The molecule has 2 aromatic carbocycles. The molecule has 3 aromatic rings. The highest BCUT2D eigenvalue weighted by molar-refractivity contribution is 9.10. The van der Waals surface area contributed by atoms with E-state index in [1.54, 1.807) is 25.1 Å². The van der Waals surface area contributed by atoms with Crippen LogP contribution < -0.4 is 0 Å². The van der Waals surface area contributed by atoms with Crippen LogP contribution in [0.3, 0.4) is 0 Å². The van der Waals surface area contributed by atoms with Gasteiger partial charge in [-0.3, -0.25) is 4.90 Å². The van der Waals surface area contributed by atoms with Crippen molar-refractivity contribution >= 4 is 56.4 Å². The highest BCUT2D eigenvalue weighted by Crippen LogP contribution is 2.40. The summed E-state index contributed by atoms with van der Waals surface area (Å²) in [7, 11) is 1.82. The summed E-state index contributed by atoms with van der Waals surface area (Å²) in [5, 5.41) is 11.6. The lowest BCUT2D eigenvalue weighted by molar-refractivity contribution is 0.0340. The van der Waals surface area contributed by atoms with Crippen LogP contribution in [0.2, 0.25) is 0 Å². The van der Waals surface area contributed by atoms with Crippen molar-refractivity contribution in [3.8, 4) is 5.75 Å². The van der Waals surface area contributed by atoms with Crippen LogP contribution in [0.4, 0.5) is 4.39 Å². The Balaban J connectivity index is 0.00000361. The molecule has 0 saturated carbocycles. The fourth-order valence-electron chi connectivity index (χ4n) is 4.38. The van der Waals surface area contributed by atoms with Crippen LogP contribution in [-0.4, -0.2) is 58.0 Å². The average Bonchev–Trinajstić information content (AvgIpc) is 3.10. The number of phenolic OH excluding ortho intramolecular Hbond substituents is 1. The zero-order valence-corrected chi connectivity index (χ0v) is 23.3. The van der Waals surface area contributed by atoms with Crippen LogP contribution in [0.25, 0.3) is 10.9 Å². The minimum Gasteiger partial charge on any atom is -0.616 e. The van der Waals surface area contributed by atoms with Crippen LogP contribution in [0, 0.1) is 5.82 Å². The minimum absolute atomic E-state index is 0. The Morgan fingerprint density at radius 3 is 2.56 bits per heavy atom. The summed E-state index contributed by atoms with van der Waals surface area (Å²) in [5.74, 6) is -0.474. The maximum absolute atomic E-state index is 13.3. The number of carbonyl (C=O) groups excluding carboxylic acids is 1. The van der Waals surface area contributed by atoms with Crippen molar-refractivity contribution in [1.82, 2.24) is 9.47 Å². The maximum Gasteiger partial charge on any atom is 0.340 e. The fourth-order valence-corrected chi connectivity index (χ4v) is 6.14. The molecule has 1 fully saturated rings. The molecule has 1 saturated heterocycles. The largest absolute Gasteiger partial charge is 0.616 e. The first-order valence-corrected chi connectivity index (χ1v) is 13.7. The topological polar surface area (TPSA) is 87.0 Å². The quantitative estimate of drug-likeness (QED) is 0.298. The summed E-state index contributed by atoms with van der Waals surface area (Å²) in [6.07, 6.45) is 0. The van der Waals surface area contributed by atoms with Gasteiger partial charge in [-0.15, -0.1) is 12.4 Å². The molecule has 1 N–H and O–H groups in total. The SMILES string of the molecule is CCOC(=O)c1c(C[S+]([O-])Cc2ccc(F)cc2)n(C)c2cc(Br)c(O)c(CN3CCOCC3)c12.Cl. The number of hydrogen-bond donors (Lipinski definition) is 1. The number of nitrogens with zero attached hydrogens (tertiary/aromatic N) is 2. The predicted molar refractivity (Wildman–Crippen MR) is 144 cm³/mol. The van der Waals surface area contributed by atoms with E-state index in [4.69, 9.17) is 9.47 Å². The van der Waals surface area contributed by atoms with E-state index in [2.05, 4.69) is 20.8 Å². The van der Waals surface area contributed by atoms with Gasteiger partial charge >= 0.3 is 5.97 Å². The van der Waals surface area contributed by atoms with Gasteiger partial charge in [-0.25, -0.2) is 9.18 Å². The van der Waals surface area contributed by atoms with Crippen LogP contribution in [0.15, 0.2) is 34.8 Å². The second kappa shape index (κ2) is 12.6. The number of morpholine rings is 1. The van der Waals surface area contributed by atoms with Gasteiger partial charge in [0, 0.05) is 43.2 Å². The number of carbonyl (C=O) groups is 1. The summed E-state index contributed by atoms with van der Waals surface area (Å²) in [6, 6.07) is 7.66. The van der Waals surface area contributed by atoms with Gasteiger partial charge in [0.2, 0.25) is 0 Å². The first-order chi connectivity index (χ1) is 16.8. The zero-order valence-electron chi connectivity index (χ0n) is 20.1. The van der Waals surface area contributed by atoms with Crippen molar-refractivity contribution in [2.45, 2.75) is 25.0 Å². The highest BCUT2D eigenvalue weighted by atomic mass is 79.9. The molecule has 0 amide bonds. The van der Waals surface area contributed by atoms with Crippen LogP contribution >= 0.6 is 28.3 Å². The standard InChI is InChI=1S/C25H28BrFN2O5S.ClH/c1-3-34-25(31)23-21(15-35(32)14-16-4-6-17(27)7-5-16)28(2)20-12-19(26)24(30)18(22(20)23)13-29-8-10-33-11-9-29;/h4-7,12,30H,3,8-11,13-15H2,1-2H3;1H. The Bertz CT molecular complexity index is 1220. The molecule has 1 atom stereocenters. The van der Waals surface area contributed by atoms with Crippen molar-refractivity contribution in [2.75, 3.05) is 32.9 Å². The Labute approximate surface area is 227 Å². The van der Waals surface area contributed by atoms with Crippen molar-refractivity contribution < 1.29 is 28.3 Å². The maximum atomic E-state index is 13.3. The molecule has 1 unspecified atom stereocenters. The number of aryl methyl sites for hydroxylation is 1. The molecule has 11 heteroatoms. The fraction of sp³-hybridized carbons (Fsp3) is 0.400. The second-order valence-corrected chi connectivity index (χ2v) is 10.7. The van der Waals surface area contributed by atoms with Crippen molar-refractivity contribution in [3.05, 3.63) is 63.0 Å². The number of fused-ring (bicyclic) bond motifs is 1. The van der Waals surface area contributed by atoms with E-state index in [1.807, 2.05) is 11.6 Å². The van der Waals surface area contributed by atoms with E-state index in [0.717, 1.165) is 11.1 Å². The number of ether oxygens (including phenoxy) is 2. The van der Waals surface area contributed by atoms with E-state index in [1.165, 1.54) is 12.1 Å². The van der Waals surface area contributed by atoms with Crippen LogP contribution in [-0.2, 0) is 45.7 Å². The molecule has 1 aliphatic heterocycles. The van der Waals surface area contributed by atoms with E-state index in [9.17, 15) is 18.8 Å². The van der Waals surface area contributed by atoms with Crippen molar-refractivity contribution in [1.29, 1.82) is 0 Å². The van der Waals surface area contributed by atoms with Gasteiger partial charge in [-0.1, -0.05) is 12.1 Å². The summed E-state index contributed by atoms with van der Waals surface area (Å²) >= 11 is 2.08. The Morgan fingerprint density at radius 2 is 1.92 bits per heavy atom. The molecule has 2 heterocycles. The normalized spacial score (nSPS) is 15.0. The molecule has 0 aliphatic carbocycles. The molecular formula is C25H29BrClFN2O5S. The molecule has 1 aromatic heterocycles. The second-order valence-electron chi connectivity index (χ2n) is 8.42. The molecule has 0 bridgehead atoms. The summed E-state index contributed by atoms with van der Waals surface area (Å²) in [4.78, 5) is 15.4. The number of rotatable bonds is 8. The smallest absolute Gasteiger partial charge is 0.340 e. The number of benzene rings is 2. The molecule has 0 radical (unpaired) electrons. The third kappa shape index (κ3) is 6.17. The lowest BCUT2D eigenvalue weighted by atomic mass is 10.0. The van der Waals surface area contributed by atoms with Crippen LogP contribution in [0.5, 0.6) is 5.75 Å². The van der Waals surface area contributed by atoms with E-state index in [-0.39, 0.29) is 42.1 Å². The van der Waals surface area contributed by atoms with Gasteiger partial charge in [-0.2, -0.15) is 0 Å². The molecule has 36 heavy (non-hydrogen) atoms. The Kier molecular flexibility index (Phi) is 10.1. The van der Waals surface area contributed by atoms with Gasteiger partial charge in [0.15, 0.2) is 0 Å². The molecular weight excluding hydrogens is 575 g/mol. The van der Waals surface area contributed by atoms with E-state index in [0.29, 0.717) is 59.5 Å². The summed E-state index contributed by atoms with van der Waals surface area (Å²) in [5.41, 5.74) is 2.98. The molecule has 196 valence electrons. The number of aromatic nitrogens is 1. The van der Waals surface area contributed by atoms with E-state index >= 15 is 0 Å². The van der Waals surface area contributed by atoms with Crippen LogP contribution in [0.1, 0.15) is 34.1 Å². The number of hydrogen-bond acceptors (Lipinski definition) is 6. The number of aromatic hydroxyl groups is 1. The predicted octanol–water partition coefficient (Wildman–Crippen LogP) is 4.67. The zero-order chi connectivity index (χ0) is 25.1. The highest BCUT2D eigenvalue weighted by Gasteiger charge is 2.30. The van der Waals surface area contributed by atoms with Gasteiger partial charge in [-0.05, 0) is 52.2 Å². The van der Waals surface area contributed by atoms with Gasteiger partial charge < -0.3 is 23.7 Å². The van der Waals surface area contributed by atoms with Gasteiger partial charge in [0.25, 0.3) is 0 Å². The molecule has 7 nitrogen and oxygen atoms in total. The number of esters is 1. The van der Waals surface area contributed by atoms with Crippen molar-refractivity contribution in [2.24, 2.45) is 7.05 Å². The third-order valence-corrected chi connectivity index (χ3v) is 8.00. The molecule has 0 spiro atoms. The Hall–Kier alpha value is -1.82. The lowest BCUT2D eigenvalue weighted by Crippen LogP contribution is -2.35. The Morgan fingerprint density at radius 1 is 1.25 bits per heavy atom. The minimum atomic E-state index is -1.37. The summed E-state index contributed by atoms with van der Waals surface area (Å²) < 4.78 is 39.6. The monoisotopic (exact) mass is 602 g/mol. The average molecular weight is 604 g/mol. The summed E-state index contributed by atoms with van der Waals surface area (Å²) in [6.45, 7) is 4.98. The first-order valence-electron chi connectivity index (χ1n) is 11.4. The van der Waals surface area contributed by atoms with Gasteiger partial charge in [0.05, 0.1) is 41.1 Å². The number of halogens is 3. The molecule has 1 aliphatic rings. The lowest BCUT2D eigenvalue weighted by Gasteiger charge is -2.27.